The van der Waals surface area contributed by atoms with Gasteiger partial charge in [-0.3, -0.25) is 0 Å². The Morgan fingerprint density at radius 2 is 1.76 bits per heavy atom. The molecule has 7 heteroatoms. The second-order valence-corrected chi connectivity index (χ2v) is 6.40. The number of nitrogen functional groups attached to an aromatic ring is 1. The second kappa shape index (κ2) is 7.14. The van der Waals surface area contributed by atoms with Crippen molar-refractivity contribution in [3.8, 4) is 11.5 Å². The molecule has 6 nitrogen and oxygen atoms in total. The molecular formula is C18H19BrN4O2. The van der Waals surface area contributed by atoms with Crippen LogP contribution in [0.25, 0.3) is 10.9 Å². The quantitative estimate of drug-likeness (QED) is 0.666. The molecule has 0 aliphatic carbocycles. The molecule has 0 saturated carbocycles. The first-order chi connectivity index (χ1) is 12.0. The molecule has 1 aromatic heterocycles. The molecule has 0 saturated heterocycles. The Kier molecular flexibility index (Phi) is 4.94. The number of ether oxygens (including phenoxy) is 2. The molecule has 0 aliphatic rings. The van der Waals surface area contributed by atoms with E-state index < -0.39 is 0 Å². The van der Waals surface area contributed by atoms with Gasteiger partial charge in [0.1, 0.15) is 5.82 Å². The number of hydrogen-bond acceptors (Lipinski definition) is 6. The van der Waals surface area contributed by atoms with Gasteiger partial charge in [-0.1, -0.05) is 34.1 Å². The monoisotopic (exact) mass is 402 g/mol. The van der Waals surface area contributed by atoms with Gasteiger partial charge >= 0.3 is 0 Å². The van der Waals surface area contributed by atoms with Crippen LogP contribution in [-0.2, 0) is 0 Å². The van der Waals surface area contributed by atoms with Gasteiger partial charge in [0.15, 0.2) is 11.5 Å². The molecular weight excluding hydrogens is 384 g/mol. The molecule has 3 aromatic rings. The van der Waals surface area contributed by atoms with E-state index in [1.807, 2.05) is 31.2 Å². The molecule has 3 rings (SSSR count). The fourth-order valence-electron chi connectivity index (χ4n) is 2.64. The number of aromatic nitrogens is 2. The molecule has 1 unspecified atom stereocenters. The van der Waals surface area contributed by atoms with Crippen molar-refractivity contribution in [3.63, 3.8) is 0 Å². The Labute approximate surface area is 154 Å². The van der Waals surface area contributed by atoms with Gasteiger partial charge in [0.2, 0.25) is 5.95 Å². The van der Waals surface area contributed by atoms with E-state index in [4.69, 9.17) is 15.2 Å². The highest BCUT2D eigenvalue weighted by molar-refractivity contribution is 9.10. The number of nitrogens with zero attached hydrogens (tertiary/aromatic N) is 2. The van der Waals surface area contributed by atoms with Crippen molar-refractivity contribution in [2.75, 3.05) is 25.3 Å². The number of hydrogen-bond donors (Lipinski definition) is 2. The summed E-state index contributed by atoms with van der Waals surface area (Å²) in [6.07, 6.45) is 0. The van der Waals surface area contributed by atoms with E-state index in [0.29, 0.717) is 28.8 Å². The average Bonchev–Trinajstić information content (AvgIpc) is 2.61. The van der Waals surface area contributed by atoms with Gasteiger partial charge in [0, 0.05) is 15.9 Å². The fourth-order valence-corrected chi connectivity index (χ4v) is 3.27. The minimum atomic E-state index is 0.00701. The maximum absolute atomic E-state index is 6.12. The van der Waals surface area contributed by atoms with Crippen LogP contribution in [-0.4, -0.2) is 24.2 Å². The van der Waals surface area contributed by atoms with E-state index in [2.05, 4.69) is 31.2 Å². The van der Waals surface area contributed by atoms with Gasteiger partial charge in [0.25, 0.3) is 0 Å². The lowest BCUT2D eigenvalue weighted by atomic mass is 10.1. The normalized spacial score (nSPS) is 12.0. The van der Waals surface area contributed by atoms with Crippen LogP contribution in [0.3, 0.4) is 0 Å². The van der Waals surface area contributed by atoms with Gasteiger partial charge in [-0.15, -0.1) is 0 Å². The van der Waals surface area contributed by atoms with Gasteiger partial charge in [0.05, 0.1) is 25.8 Å². The molecule has 1 heterocycles. The molecule has 0 amide bonds. The van der Waals surface area contributed by atoms with Crippen LogP contribution in [0.2, 0.25) is 0 Å². The number of nitrogens with two attached hydrogens (primary N) is 1. The predicted octanol–water partition coefficient (Wildman–Crippen LogP) is 4.16. The minimum Gasteiger partial charge on any atom is -0.493 e. The molecule has 0 aliphatic heterocycles. The topological polar surface area (TPSA) is 82.3 Å². The number of rotatable bonds is 5. The maximum Gasteiger partial charge on any atom is 0.225 e. The van der Waals surface area contributed by atoms with Crippen molar-refractivity contribution in [3.05, 3.63) is 46.4 Å². The largest absolute Gasteiger partial charge is 0.493 e. The van der Waals surface area contributed by atoms with E-state index in [9.17, 15) is 0 Å². The zero-order valence-corrected chi connectivity index (χ0v) is 15.8. The van der Waals surface area contributed by atoms with E-state index >= 15 is 0 Å². The molecule has 0 radical (unpaired) electrons. The number of halogens is 1. The SMILES string of the molecule is COc1cc2nc(NC(C)c3ccccc3Br)nc(N)c2cc1OC. The Hall–Kier alpha value is -2.54. The number of benzene rings is 2. The van der Waals surface area contributed by atoms with Gasteiger partial charge in [-0.25, -0.2) is 4.98 Å². The second-order valence-electron chi connectivity index (χ2n) is 5.54. The van der Waals surface area contributed by atoms with Gasteiger partial charge in [-0.2, -0.15) is 4.98 Å². The van der Waals surface area contributed by atoms with Crippen molar-refractivity contribution in [2.24, 2.45) is 0 Å². The number of anilines is 2. The van der Waals surface area contributed by atoms with Crippen LogP contribution in [0.1, 0.15) is 18.5 Å². The van der Waals surface area contributed by atoms with Crippen LogP contribution in [0.4, 0.5) is 11.8 Å². The molecule has 130 valence electrons. The fraction of sp³-hybridized carbons (Fsp3) is 0.222. The summed E-state index contributed by atoms with van der Waals surface area (Å²) in [7, 11) is 3.17. The summed E-state index contributed by atoms with van der Waals surface area (Å²) in [6, 6.07) is 11.6. The van der Waals surface area contributed by atoms with Gasteiger partial charge < -0.3 is 20.5 Å². The van der Waals surface area contributed by atoms with E-state index in [1.165, 1.54) is 0 Å². The van der Waals surface area contributed by atoms with E-state index in [1.54, 1.807) is 26.4 Å². The van der Waals surface area contributed by atoms with E-state index in [0.717, 1.165) is 15.4 Å². The van der Waals surface area contributed by atoms with Crippen molar-refractivity contribution < 1.29 is 9.47 Å². The molecule has 1 atom stereocenters. The first-order valence-corrected chi connectivity index (χ1v) is 8.53. The van der Waals surface area contributed by atoms with Crippen LogP contribution in [0, 0.1) is 0 Å². The summed E-state index contributed by atoms with van der Waals surface area (Å²) in [5.41, 5.74) is 7.92. The van der Waals surface area contributed by atoms with Gasteiger partial charge in [-0.05, 0) is 24.6 Å². The molecule has 3 N–H and O–H groups in total. The maximum atomic E-state index is 6.12. The zero-order valence-electron chi connectivity index (χ0n) is 14.2. The summed E-state index contributed by atoms with van der Waals surface area (Å²) in [5, 5.41) is 4.01. The Morgan fingerprint density at radius 3 is 2.44 bits per heavy atom. The van der Waals surface area contributed by atoms with Crippen molar-refractivity contribution >= 4 is 38.6 Å². The van der Waals surface area contributed by atoms with Crippen LogP contribution >= 0.6 is 15.9 Å². The minimum absolute atomic E-state index is 0.00701. The molecule has 25 heavy (non-hydrogen) atoms. The molecule has 0 fully saturated rings. The highest BCUT2D eigenvalue weighted by Gasteiger charge is 2.14. The van der Waals surface area contributed by atoms with Crippen LogP contribution in [0.15, 0.2) is 40.9 Å². The smallest absolute Gasteiger partial charge is 0.225 e. The van der Waals surface area contributed by atoms with Crippen molar-refractivity contribution in [1.29, 1.82) is 0 Å². The van der Waals surface area contributed by atoms with Crippen molar-refractivity contribution in [1.82, 2.24) is 9.97 Å². The molecule has 0 spiro atoms. The van der Waals surface area contributed by atoms with E-state index in [-0.39, 0.29) is 6.04 Å². The lowest BCUT2D eigenvalue weighted by Gasteiger charge is -2.17. The highest BCUT2D eigenvalue weighted by Crippen LogP contribution is 2.34. The number of nitrogens with one attached hydrogen (secondary N) is 1. The summed E-state index contributed by atoms with van der Waals surface area (Å²) in [6.45, 7) is 2.04. The first-order valence-electron chi connectivity index (χ1n) is 7.73. The summed E-state index contributed by atoms with van der Waals surface area (Å²) in [4.78, 5) is 8.93. The average molecular weight is 403 g/mol. The lowest BCUT2D eigenvalue weighted by molar-refractivity contribution is 0.356. The first kappa shape index (κ1) is 17.3. The lowest BCUT2D eigenvalue weighted by Crippen LogP contribution is -2.11. The Bertz CT molecular complexity index is 917. The highest BCUT2D eigenvalue weighted by atomic mass is 79.9. The summed E-state index contributed by atoms with van der Waals surface area (Å²) in [5.74, 6) is 2.03. The van der Waals surface area contributed by atoms with Crippen LogP contribution in [0.5, 0.6) is 11.5 Å². The zero-order chi connectivity index (χ0) is 18.0. The molecule has 0 bridgehead atoms. The predicted molar refractivity (Wildman–Crippen MR) is 103 cm³/mol. The summed E-state index contributed by atoms with van der Waals surface area (Å²) < 4.78 is 11.7. The van der Waals surface area contributed by atoms with Crippen molar-refractivity contribution in [2.45, 2.75) is 13.0 Å². The third kappa shape index (κ3) is 3.46. The summed E-state index contributed by atoms with van der Waals surface area (Å²) >= 11 is 3.56. The third-order valence-corrected chi connectivity index (χ3v) is 4.67. The Morgan fingerprint density at radius 1 is 1.08 bits per heavy atom. The number of fused-ring (bicyclic) bond motifs is 1. The van der Waals surface area contributed by atoms with Crippen LogP contribution < -0.4 is 20.5 Å². The molecule has 2 aromatic carbocycles. The Balaban J connectivity index is 1.99. The number of methoxy groups -OCH3 is 2. The standard InChI is InChI=1S/C18H19BrN4O2/c1-10(11-6-4-5-7-13(11)19)21-18-22-14-9-16(25-3)15(24-2)8-12(14)17(20)23-18/h4-10H,1-3H3,(H3,20,21,22,23). The third-order valence-electron chi connectivity index (χ3n) is 3.95.